The summed E-state index contributed by atoms with van der Waals surface area (Å²) in [5.41, 5.74) is -0.701. The number of nitrogens with zero attached hydrogens (tertiary/aromatic N) is 1. The summed E-state index contributed by atoms with van der Waals surface area (Å²) in [6.07, 6.45) is -4.59. The van der Waals surface area contributed by atoms with Gasteiger partial charge in [-0.1, -0.05) is 17.7 Å². The predicted molar refractivity (Wildman–Crippen MR) is 112 cm³/mol. The number of morpholine rings is 1. The predicted octanol–water partition coefficient (Wildman–Crippen LogP) is 4.11. The largest absolute Gasteiger partial charge is 0.417 e. The lowest BCUT2D eigenvalue weighted by Crippen LogP contribution is -2.40. The average Bonchev–Trinajstić information content (AvgIpc) is 2.73. The van der Waals surface area contributed by atoms with E-state index < -0.39 is 32.7 Å². The summed E-state index contributed by atoms with van der Waals surface area (Å²) in [6, 6.07) is 9.22. The van der Waals surface area contributed by atoms with Crippen molar-refractivity contribution in [1.29, 1.82) is 0 Å². The van der Waals surface area contributed by atoms with Gasteiger partial charge in [-0.05, 0) is 36.4 Å². The molecule has 0 spiro atoms. The van der Waals surface area contributed by atoms with Crippen molar-refractivity contribution in [2.24, 2.45) is 0 Å². The molecule has 1 fully saturated rings. The number of anilines is 1. The van der Waals surface area contributed by atoms with Crippen molar-refractivity contribution in [1.82, 2.24) is 4.31 Å². The third-order valence-corrected chi connectivity index (χ3v) is 7.56. The Kier molecular flexibility index (Phi) is 7.53. The fourth-order valence-electron chi connectivity index (χ4n) is 2.83. The third-order valence-electron chi connectivity index (χ3n) is 4.34. The molecular formula is C19H18ClF3N2O4S2. The molecule has 0 atom stereocenters. The molecule has 1 aliphatic rings. The molecule has 6 nitrogen and oxygen atoms in total. The van der Waals surface area contributed by atoms with E-state index in [4.69, 9.17) is 16.3 Å². The quantitative estimate of drug-likeness (QED) is 0.612. The molecule has 0 radical (unpaired) electrons. The molecule has 168 valence electrons. The van der Waals surface area contributed by atoms with Crippen molar-refractivity contribution in [2.75, 3.05) is 37.4 Å². The van der Waals surface area contributed by atoms with Gasteiger partial charge in [0.05, 0.1) is 34.4 Å². The second-order valence-corrected chi connectivity index (χ2v) is 9.91. The SMILES string of the molecule is O=C(CSc1ccc(Cl)c(C(F)(F)F)c1)Nc1cccc(S(=O)(=O)N2CCOCC2)c1. The van der Waals surface area contributed by atoms with Crippen molar-refractivity contribution >= 4 is 45.0 Å². The van der Waals surface area contributed by atoms with E-state index in [1.165, 1.54) is 34.6 Å². The number of sulfonamides is 1. The normalized spacial score (nSPS) is 15.6. The first-order valence-corrected chi connectivity index (χ1v) is 11.8. The first kappa shape index (κ1) is 23.9. The van der Waals surface area contributed by atoms with Crippen molar-refractivity contribution < 1.29 is 31.1 Å². The van der Waals surface area contributed by atoms with Crippen molar-refractivity contribution in [3.05, 3.63) is 53.1 Å². The van der Waals surface area contributed by atoms with Crippen LogP contribution in [0.5, 0.6) is 0 Å². The summed E-state index contributed by atoms with van der Waals surface area (Å²) in [7, 11) is -3.72. The summed E-state index contributed by atoms with van der Waals surface area (Å²) < 4.78 is 70.8. The molecule has 1 amide bonds. The molecule has 3 rings (SSSR count). The fraction of sp³-hybridized carbons (Fsp3) is 0.316. The molecule has 0 unspecified atom stereocenters. The highest BCUT2D eigenvalue weighted by Crippen LogP contribution is 2.37. The second kappa shape index (κ2) is 9.78. The Balaban J connectivity index is 1.65. The van der Waals surface area contributed by atoms with Gasteiger partial charge in [0.15, 0.2) is 0 Å². The number of halogens is 4. The van der Waals surface area contributed by atoms with Gasteiger partial charge < -0.3 is 10.1 Å². The minimum atomic E-state index is -4.59. The second-order valence-electron chi connectivity index (χ2n) is 6.52. The van der Waals surface area contributed by atoms with Gasteiger partial charge in [-0.3, -0.25) is 4.79 Å². The lowest BCUT2D eigenvalue weighted by atomic mass is 10.2. The Bertz CT molecular complexity index is 1060. The maximum Gasteiger partial charge on any atom is 0.417 e. The van der Waals surface area contributed by atoms with Crippen LogP contribution in [0.3, 0.4) is 0 Å². The highest BCUT2D eigenvalue weighted by molar-refractivity contribution is 8.00. The third kappa shape index (κ3) is 6.13. The molecule has 2 aromatic rings. The smallest absolute Gasteiger partial charge is 0.379 e. The van der Waals surface area contributed by atoms with Crippen molar-refractivity contribution in [3.8, 4) is 0 Å². The Labute approximate surface area is 186 Å². The molecule has 1 heterocycles. The molecular weight excluding hydrogens is 477 g/mol. The molecule has 0 bridgehead atoms. The van der Waals surface area contributed by atoms with Gasteiger partial charge in [0.1, 0.15) is 0 Å². The maximum absolute atomic E-state index is 13.0. The highest BCUT2D eigenvalue weighted by atomic mass is 35.5. The maximum atomic E-state index is 13.0. The van der Waals surface area contributed by atoms with Crippen molar-refractivity contribution in [2.45, 2.75) is 16.0 Å². The highest BCUT2D eigenvalue weighted by Gasteiger charge is 2.33. The summed E-state index contributed by atoms with van der Waals surface area (Å²) in [6.45, 7) is 1.12. The summed E-state index contributed by atoms with van der Waals surface area (Å²) >= 11 is 6.50. The number of nitrogens with one attached hydrogen (secondary N) is 1. The minimum absolute atomic E-state index is 0.0346. The number of carbonyl (C=O) groups excluding carboxylic acids is 1. The zero-order valence-corrected chi connectivity index (χ0v) is 18.4. The lowest BCUT2D eigenvalue weighted by Gasteiger charge is -2.26. The van der Waals surface area contributed by atoms with Gasteiger partial charge in [0.25, 0.3) is 0 Å². The first-order chi connectivity index (χ1) is 14.6. The Morgan fingerprint density at radius 2 is 1.87 bits per heavy atom. The van der Waals surface area contributed by atoms with Crippen LogP contribution in [0, 0.1) is 0 Å². The number of hydrogen-bond donors (Lipinski definition) is 1. The fourth-order valence-corrected chi connectivity index (χ4v) is 5.24. The number of carbonyl (C=O) groups is 1. The summed E-state index contributed by atoms with van der Waals surface area (Å²) in [5, 5.41) is 2.15. The van der Waals surface area contributed by atoms with E-state index in [-0.39, 0.29) is 34.3 Å². The van der Waals surface area contributed by atoms with E-state index in [0.717, 1.165) is 23.9 Å². The topological polar surface area (TPSA) is 75.7 Å². The van der Waals surface area contributed by atoms with E-state index in [1.54, 1.807) is 0 Å². The lowest BCUT2D eigenvalue weighted by molar-refractivity contribution is -0.137. The number of rotatable bonds is 6. The molecule has 0 saturated carbocycles. The molecule has 0 aromatic heterocycles. The van der Waals surface area contributed by atoms with Crippen LogP contribution in [0.2, 0.25) is 5.02 Å². The Hall–Kier alpha value is -1.79. The van der Waals surface area contributed by atoms with Gasteiger partial charge in [-0.25, -0.2) is 8.42 Å². The van der Waals surface area contributed by atoms with E-state index in [2.05, 4.69) is 5.32 Å². The van der Waals surface area contributed by atoms with E-state index >= 15 is 0 Å². The average molecular weight is 495 g/mol. The number of ether oxygens (including phenoxy) is 1. The van der Waals surface area contributed by atoms with E-state index in [0.29, 0.717) is 13.2 Å². The Morgan fingerprint density at radius 3 is 2.55 bits per heavy atom. The van der Waals surface area contributed by atoms with Gasteiger partial charge >= 0.3 is 6.18 Å². The molecule has 12 heteroatoms. The monoisotopic (exact) mass is 494 g/mol. The van der Waals surface area contributed by atoms with Crippen LogP contribution in [0.4, 0.5) is 18.9 Å². The number of amides is 1. The molecule has 2 aromatic carbocycles. The molecule has 0 aliphatic carbocycles. The van der Waals surface area contributed by atoms with Crippen LogP contribution in [0.25, 0.3) is 0 Å². The standard InChI is InChI=1S/C19H18ClF3N2O4S2/c20-17-5-4-14(11-16(17)19(21,22)23)30-12-18(26)24-13-2-1-3-15(10-13)31(27,28)25-6-8-29-9-7-25/h1-5,10-11H,6-9,12H2,(H,24,26). The van der Waals surface area contributed by atoms with Crippen LogP contribution < -0.4 is 5.32 Å². The summed E-state index contributed by atoms with van der Waals surface area (Å²) in [4.78, 5) is 12.5. The van der Waals surface area contributed by atoms with Gasteiger partial charge in [0, 0.05) is 23.7 Å². The molecule has 1 saturated heterocycles. The molecule has 31 heavy (non-hydrogen) atoms. The zero-order chi connectivity index (χ0) is 22.6. The summed E-state index contributed by atoms with van der Waals surface area (Å²) in [5.74, 6) is -0.659. The van der Waals surface area contributed by atoms with E-state index in [9.17, 15) is 26.4 Å². The minimum Gasteiger partial charge on any atom is -0.379 e. The molecule has 1 N–H and O–H groups in total. The van der Waals surface area contributed by atoms with Crippen LogP contribution in [0.15, 0.2) is 52.3 Å². The number of benzene rings is 2. The van der Waals surface area contributed by atoms with Crippen LogP contribution in [-0.4, -0.2) is 50.7 Å². The van der Waals surface area contributed by atoms with Gasteiger partial charge in [-0.2, -0.15) is 17.5 Å². The van der Waals surface area contributed by atoms with Gasteiger partial charge in [0.2, 0.25) is 15.9 Å². The van der Waals surface area contributed by atoms with Crippen LogP contribution in [0.1, 0.15) is 5.56 Å². The zero-order valence-electron chi connectivity index (χ0n) is 16.0. The Morgan fingerprint density at radius 1 is 1.16 bits per heavy atom. The molecule has 1 aliphatic heterocycles. The van der Waals surface area contributed by atoms with Gasteiger partial charge in [-0.15, -0.1) is 11.8 Å². The van der Waals surface area contributed by atoms with Crippen LogP contribution >= 0.6 is 23.4 Å². The van der Waals surface area contributed by atoms with E-state index in [1.807, 2.05) is 0 Å². The number of hydrogen-bond acceptors (Lipinski definition) is 5. The number of alkyl halides is 3. The first-order valence-electron chi connectivity index (χ1n) is 9.05. The van der Waals surface area contributed by atoms with Crippen molar-refractivity contribution in [3.63, 3.8) is 0 Å². The van der Waals surface area contributed by atoms with Crippen LogP contribution in [-0.2, 0) is 25.7 Å². The number of thioether (sulfide) groups is 1.